The normalized spacial score (nSPS) is 27.1. The lowest BCUT2D eigenvalue weighted by Gasteiger charge is -2.44. The highest BCUT2D eigenvalue weighted by molar-refractivity contribution is 7.92. The van der Waals surface area contributed by atoms with Crippen LogP contribution in [0, 0.1) is 17.7 Å². The van der Waals surface area contributed by atoms with Crippen LogP contribution in [0.15, 0.2) is 47.4 Å². The van der Waals surface area contributed by atoms with Gasteiger partial charge in [0.1, 0.15) is 10.6 Å². The lowest BCUT2D eigenvalue weighted by molar-refractivity contribution is -0.228. The molecule has 0 amide bonds. The smallest absolute Gasteiger partial charge is 0.390 e. The largest absolute Gasteiger partial charge is 0.426 e. The first kappa shape index (κ1) is 25.1. The van der Waals surface area contributed by atoms with Gasteiger partial charge in [-0.2, -0.15) is 13.2 Å². The highest BCUT2D eigenvalue weighted by Crippen LogP contribution is 2.61. The molecule has 9 heteroatoms. The molecule has 0 radical (unpaired) electrons. The van der Waals surface area contributed by atoms with Gasteiger partial charge < -0.3 is 5.11 Å². The Labute approximate surface area is 195 Å². The molecule has 0 aromatic heterocycles. The summed E-state index contributed by atoms with van der Waals surface area (Å²) in [6.45, 7) is 3.69. The molecule has 2 aromatic rings. The average Bonchev–Trinajstić information content (AvgIpc) is 3.15. The number of sulfone groups is 1. The topological polar surface area (TPSA) is 54.4 Å². The molecule has 1 fully saturated rings. The van der Waals surface area contributed by atoms with E-state index in [1.165, 1.54) is 18.2 Å². The second kappa shape index (κ2) is 7.75. The number of benzene rings is 2. The molecule has 3 nitrogen and oxygen atoms in total. The molecule has 2 aliphatic rings. The highest BCUT2D eigenvalue weighted by atomic mass is 32.2. The first-order valence-corrected chi connectivity index (χ1v) is 12.6. The molecule has 0 aliphatic heterocycles. The van der Waals surface area contributed by atoms with E-state index < -0.39 is 49.3 Å². The maximum absolute atomic E-state index is 14.7. The van der Waals surface area contributed by atoms with E-state index in [-0.39, 0.29) is 23.7 Å². The van der Waals surface area contributed by atoms with E-state index in [1.54, 1.807) is 13.8 Å². The van der Waals surface area contributed by atoms with Gasteiger partial charge in [-0.25, -0.2) is 17.2 Å². The van der Waals surface area contributed by atoms with E-state index in [9.17, 15) is 35.5 Å². The van der Waals surface area contributed by atoms with Crippen LogP contribution in [0.5, 0.6) is 0 Å². The molecular formula is C25H27F5O3S. The minimum Gasteiger partial charge on any atom is -0.390 e. The van der Waals surface area contributed by atoms with Gasteiger partial charge in [-0.15, -0.1) is 0 Å². The number of hydrogen-bond acceptors (Lipinski definition) is 3. The molecule has 2 aliphatic carbocycles. The predicted octanol–water partition coefficient (Wildman–Crippen LogP) is 5.99. The van der Waals surface area contributed by atoms with Gasteiger partial charge in [0.25, 0.3) is 0 Å². The summed E-state index contributed by atoms with van der Waals surface area (Å²) in [4.78, 5) is -0.0992. The third-order valence-electron chi connectivity index (χ3n) is 7.78. The summed E-state index contributed by atoms with van der Waals surface area (Å²) < 4.78 is 95.0. The third-order valence-corrected chi connectivity index (χ3v) is 10.4. The molecule has 1 N–H and O–H groups in total. The molecule has 4 rings (SSSR count). The minimum absolute atomic E-state index is 0.0992. The van der Waals surface area contributed by atoms with Crippen LogP contribution >= 0.6 is 0 Å². The van der Waals surface area contributed by atoms with Crippen molar-refractivity contribution in [3.05, 3.63) is 65.0 Å². The molecule has 1 saturated carbocycles. The number of halogens is 5. The van der Waals surface area contributed by atoms with Crippen molar-refractivity contribution in [1.82, 2.24) is 0 Å². The summed E-state index contributed by atoms with van der Waals surface area (Å²) in [5.74, 6) is -1.49. The number of fused-ring (bicyclic) bond motifs is 3. The fourth-order valence-corrected chi connectivity index (χ4v) is 8.45. The monoisotopic (exact) mass is 502 g/mol. The van der Waals surface area contributed by atoms with E-state index in [4.69, 9.17) is 0 Å². The van der Waals surface area contributed by atoms with Crippen molar-refractivity contribution in [3.63, 3.8) is 0 Å². The van der Waals surface area contributed by atoms with E-state index in [2.05, 4.69) is 0 Å². The maximum atomic E-state index is 14.7. The summed E-state index contributed by atoms with van der Waals surface area (Å²) in [5, 5.41) is 10.8. The van der Waals surface area contributed by atoms with Crippen LogP contribution in [0.25, 0.3) is 0 Å². The number of rotatable bonds is 4. The molecular weight excluding hydrogens is 475 g/mol. The maximum Gasteiger partial charge on any atom is 0.426 e. The van der Waals surface area contributed by atoms with Crippen LogP contribution < -0.4 is 0 Å². The van der Waals surface area contributed by atoms with Crippen LogP contribution in [-0.4, -0.2) is 25.3 Å². The van der Waals surface area contributed by atoms with Crippen LogP contribution in [-0.2, 0) is 26.7 Å². The SMILES string of the molecule is CC(C)(O)[C@@H]1CC[C@@]2(S(=O)(=O)c3ccc(F)cc3)c3ccc(C(C)(F)C(F)(F)F)cc3CC[C@@H]12. The van der Waals surface area contributed by atoms with Gasteiger partial charge in [0.2, 0.25) is 5.67 Å². The number of aryl methyl sites for hydroxylation is 1. The number of aliphatic hydroxyl groups is 1. The Kier molecular flexibility index (Phi) is 5.72. The van der Waals surface area contributed by atoms with Gasteiger partial charge in [-0.3, -0.25) is 0 Å². The molecule has 0 bridgehead atoms. The van der Waals surface area contributed by atoms with Crippen molar-refractivity contribution in [3.8, 4) is 0 Å². The molecule has 4 atom stereocenters. The fourth-order valence-electron chi connectivity index (χ4n) is 5.98. The Bertz CT molecular complexity index is 1200. The lowest BCUT2D eigenvalue weighted by Crippen LogP contribution is -2.47. The van der Waals surface area contributed by atoms with Gasteiger partial charge in [0, 0.05) is 0 Å². The molecule has 0 heterocycles. The minimum atomic E-state index is -5.13. The van der Waals surface area contributed by atoms with Crippen molar-refractivity contribution in [1.29, 1.82) is 0 Å². The molecule has 2 aromatic carbocycles. The van der Waals surface area contributed by atoms with Gasteiger partial charge in [0.05, 0.1) is 10.5 Å². The first-order chi connectivity index (χ1) is 15.5. The average molecular weight is 503 g/mol. The molecule has 34 heavy (non-hydrogen) atoms. The predicted molar refractivity (Wildman–Crippen MR) is 117 cm³/mol. The van der Waals surface area contributed by atoms with Gasteiger partial charge in [-0.1, -0.05) is 18.2 Å². The van der Waals surface area contributed by atoms with Crippen molar-refractivity contribution in [2.75, 3.05) is 0 Å². The summed E-state index contributed by atoms with van der Waals surface area (Å²) in [7, 11) is -4.15. The second-order valence-electron chi connectivity index (χ2n) is 10.2. The summed E-state index contributed by atoms with van der Waals surface area (Å²) in [6, 6.07) is 7.88. The Morgan fingerprint density at radius 1 is 0.971 bits per heavy atom. The Morgan fingerprint density at radius 2 is 1.59 bits per heavy atom. The Balaban J connectivity index is 1.94. The van der Waals surface area contributed by atoms with Crippen molar-refractivity contribution < 1.29 is 35.5 Å². The van der Waals surface area contributed by atoms with Crippen molar-refractivity contribution in [2.45, 2.75) is 73.5 Å². The standard InChI is InChI=1S/C25H27F5O3S/c1-22(2,31)20-12-13-24(34(32,33)18-8-6-17(26)7-9-18)19-11-5-16(23(3,27)25(28,29)30)14-15(19)4-10-21(20)24/h5-9,11,14,20-21,31H,4,10,12-13H2,1-3H3/t20-,21+,23?,24-/m1/s1. The molecule has 186 valence electrons. The van der Waals surface area contributed by atoms with E-state index in [1.807, 2.05) is 0 Å². The van der Waals surface area contributed by atoms with E-state index >= 15 is 0 Å². The Morgan fingerprint density at radius 3 is 2.15 bits per heavy atom. The molecule has 0 spiro atoms. The van der Waals surface area contributed by atoms with Gasteiger partial charge in [0.15, 0.2) is 9.84 Å². The zero-order chi connectivity index (χ0) is 25.3. The zero-order valence-electron chi connectivity index (χ0n) is 19.1. The molecule has 1 unspecified atom stereocenters. The second-order valence-corrected chi connectivity index (χ2v) is 12.4. The van der Waals surface area contributed by atoms with E-state index in [0.29, 0.717) is 30.9 Å². The van der Waals surface area contributed by atoms with Gasteiger partial charge >= 0.3 is 6.18 Å². The first-order valence-electron chi connectivity index (χ1n) is 11.2. The fraction of sp³-hybridized carbons (Fsp3) is 0.520. The molecule has 0 saturated heterocycles. The van der Waals surface area contributed by atoms with Crippen LogP contribution in [0.4, 0.5) is 22.0 Å². The van der Waals surface area contributed by atoms with Crippen LogP contribution in [0.1, 0.15) is 56.7 Å². The Hall–Kier alpha value is -2.00. The number of hydrogen-bond donors (Lipinski definition) is 1. The summed E-state index contributed by atoms with van der Waals surface area (Å²) in [5.41, 5.74) is -4.67. The van der Waals surface area contributed by atoms with Crippen LogP contribution in [0.2, 0.25) is 0 Å². The summed E-state index contributed by atoms with van der Waals surface area (Å²) >= 11 is 0. The quantitative estimate of drug-likeness (QED) is 0.413. The van der Waals surface area contributed by atoms with Crippen molar-refractivity contribution >= 4 is 9.84 Å². The third kappa shape index (κ3) is 3.58. The van der Waals surface area contributed by atoms with E-state index in [0.717, 1.165) is 24.3 Å². The zero-order valence-corrected chi connectivity index (χ0v) is 19.9. The van der Waals surface area contributed by atoms with Crippen molar-refractivity contribution in [2.24, 2.45) is 11.8 Å². The van der Waals surface area contributed by atoms with Crippen LogP contribution in [0.3, 0.4) is 0 Å². The lowest BCUT2D eigenvalue weighted by atomic mass is 9.69. The number of alkyl halides is 4. The highest BCUT2D eigenvalue weighted by Gasteiger charge is 2.62. The summed E-state index contributed by atoms with van der Waals surface area (Å²) in [6.07, 6.45) is -4.03. The van der Waals surface area contributed by atoms with Gasteiger partial charge in [-0.05, 0) is 99.2 Å².